The second-order valence-corrected chi connectivity index (χ2v) is 8.84. The monoisotopic (exact) mass is 496 g/mol. The number of pyridine rings is 1. The van der Waals surface area contributed by atoms with Gasteiger partial charge in [-0.25, -0.2) is 4.98 Å². The summed E-state index contributed by atoms with van der Waals surface area (Å²) in [5.74, 6) is 6.45. The molecule has 0 bridgehead atoms. The van der Waals surface area contributed by atoms with E-state index in [0.29, 0.717) is 23.5 Å². The molecule has 1 unspecified atom stereocenters. The zero-order chi connectivity index (χ0) is 26.4. The first kappa shape index (κ1) is 25.9. The number of benzene rings is 2. The summed E-state index contributed by atoms with van der Waals surface area (Å²) in [6, 6.07) is 15.1. The Bertz CT molecular complexity index is 1450. The van der Waals surface area contributed by atoms with Crippen LogP contribution in [0.3, 0.4) is 0 Å². The first-order valence-electron chi connectivity index (χ1n) is 12.4. The van der Waals surface area contributed by atoms with Crippen molar-refractivity contribution in [2.24, 2.45) is 7.05 Å². The first-order valence-corrected chi connectivity index (χ1v) is 12.4. The van der Waals surface area contributed by atoms with Gasteiger partial charge >= 0.3 is 0 Å². The fraction of sp³-hybridized carbons (Fsp3) is 0.276. The van der Waals surface area contributed by atoms with E-state index in [4.69, 9.17) is 5.73 Å². The third kappa shape index (κ3) is 6.15. The van der Waals surface area contributed by atoms with Crippen molar-refractivity contribution >= 4 is 22.5 Å². The van der Waals surface area contributed by atoms with Gasteiger partial charge in [-0.3, -0.25) is 9.48 Å². The molecular formula is C29H32N6O2. The lowest BCUT2D eigenvalue weighted by atomic mass is 10.0. The number of amides is 1. The Morgan fingerprint density at radius 2 is 1.89 bits per heavy atom. The molecule has 2 aromatic carbocycles. The molecule has 0 aliphatic rings. The molecule has 2 aromatic heterocycles. The van der Waals surface area contributed by atoms with Gasteiger partial charge < -0.3 is 21.1 Å². The number of aliphatic hydroxyl groups excluding tert-OH is 1. The van der Waals surface area contributed by atoms with E-state index < -0.39 is 6.10 Å². The molecule has 0 radical (unpaired) electrons. The number of likely N-dealkylation sites (N-methyl/N-ethyl adjacent to an activating group) is 1. The van der Waals surface area contributed by atoms with Gasteiger partial charge in [-0.05, 0) is 49.5 Å². The second-order valence-electron chi connectivity index (χ2n) is 8.84. The van der Waals surface area contributed by atoms with E-state index in [1.165, 1.54) is 0 Å². The third-order valence-electron chi connectivity index (χ3n) is 6.38. The molecule has 0 aliphatic carbocycles. The average molecular weight is 497 g/mol. The molecule has 4 aromatic rings. The van der Waals surface area contributed by atoms with Gasteiger partial charge in [0.05, 0.1) is 17.4 Å². The van der Waals surface area contributed by atoms with Crippen LogP contribution in [0.4, 0.5) is 5.82 Å². The van der Waals surface area contributed by atoms with Crippen molar-refractivity contribution in [3.63, 3.8) is 0 Å². The molecule has 8 heteroatoms. The Hall–Kier alpha value is -4.19. The van der Waals surface area contributed by atoms with E-state index in [-0.39, 0.29) is 12.5 Å². The van der Waals surface area contributed by atoms with Gasteiger partial charge in [0.25, 0.3) is 5.91 Å². The summed E-state index contributed by atoms with van der Waals surface area (Å²) in [5, 5.41) is 19.1. The predicted octanol–water partition coefficient (Wildman–Crippen LogP) is 3.05. The molecular weight excluding hydrogens is 464 g/mol. The van der Waals surface area contributed by atoms with Crippen LogP contribution in [0.2, 0.25) is 0 Å². The summed E-state index contributed by atoms with van der Waals surface area (Å²) >= 11 is 0. The Labute approximate surface area is 217 Å². The molecule has 1 atom stereocenters. The average Bonchev–Trinajstić information content (AvgIpc) is 3.35. The zero-order valence-corrected chi connectivity index (χ0v) is 21.4. The van der Waals surface area contributed by atoms with Crippen molar-refractivity contribution in [3.05, 3.63) is 77.6 Å². The number of hydrogen-bond acceptors (Lipinski definition) is 6. The molecule has 4 rings (SSSR count). The molecule has 4 N–H and O–H groups in total. The number of nitrogens with one attached hydrogen (secondary N) is 1. The third-order valence-corrected chi connectivity index (χ3v) is 6.38. The first-order chi connectivity index (χ1) is 17.9. The number of nitrogens with two attached hydrogens (primary N) is 1. The molecule has 1 amide bonds. The van der Waals surface area contributed by atoms with Crippen LogP contribution in [0.15, 0.2) is 60.9 Å². The fourth-order valence-corrected chi connectivity index (χ4v) is 4.17. The highest BCUT2D eigenvalue weighted by Gasteiger charge is 2.12. The van der Waals surface area contributed by atoms with Crippen LogP contribution in [-0.4, -0.2) is 63.0 Å². The molecule has 0 spiro atoms. The highest BCUT2D eigenvalue weighted by atomic mass is 16.3. The zero-order valence-electron chi connectivity index (χ0n) is 21.4. The molecule has 2 heterocycles. The van der Waals surface area contributed by atoms with Crippen LogP contribution in [0.5, 0.6) is 0 Å². The number of rotatable bonds is 8. The van der Waals surface area contributed by atoms with Gasteiger partial charge in [-0.1, -0.05) is 37.8 Å². The van der Waals surface area contributed by atoms with Crippen LogP contribution in [0.1, 0.15) is 35.3 Å². The number of aryl methyl sites for hydroxylation is 1. The van der Waals surface area contributed by atoms with Gasteiger partial charge in [0.15, 0.2) is 0 Å². The van der Waals surface area contributed by atoms with E-state index >= 15 is 0 Å². The number of aromatic nitrogens is 3. The van der Waals surface area contributed by atoms with E-state index in [1.54, 1.807) is 36.7 Å². The smallest absolute Gasteiger partial charge is 0.251 e. The fourth-order valence-electron chi connectivity index (χ4n) is 4.17. The largest absolute Gasteiger partial charge is 0.390 e. The number of hydrogen-bond donors (Lipinski definition) is 3. The highest BCUT2D eigenvalue weighted by molar-refractivity contribution is 5.95. The number of anilines is 1. The minimum absolute atomic E-state index is 0.199. The Morgan fingerprint density at radius 3 is 2.57 bits per heavy atom. The number of aliphatic hydroxyl groups is 1. The lowest BCUT2D eigenvalue weighted by molar-refractivity contribution is 0.0869. The van der Waals surface area contributed by atoms with Crippen LogP contribution < -0.4 is 11.1 Å². The molecule has 0 fully saturated rings. The van der Waals surface area contributed by atoms with E-state index in [0.717, 1.165) is 40.7 Å². The number of nitrogens with zero attached hydrogens (tertiary/aromatic N) is 4. The Kier molecular flexibility index (Phi) is 8.18. The van der Waals surface area contributed by atoms with Gasteiger partial charge in [0.2, 0.25) is 0 Å². The molecule has 8 nitrogen and oxygen atoms in total. The summed E-state index contributed by atoms with van der Waals surface area (Å²) < 4.78 is 1.82. The summed E-state index contributed by atoms with van der Waals surface area (Å²) in [6.45, 7) is 6.53. The molecule has 37 heavy (non-hydrogen) atoms. The number of fused-ring (bicyclic) bond motifs is 1. The topological polar surface area (TPSA) is 109 Å². The van der Waals surface area contributed by atoms with Gasteiger partial charge in [0.1, 0.15) is 5.82 Å². The summed E-state index contributed by atoms with van der Waals surface area (Å²) in [7, 11) is 1.90. The molecule has 0 saturated heterocycles. The van der Waals surface area contributed by atoms with E-state index in [9.17, 15) is 9.90 Å². The highest BCUT2D eigenvalue weighted by Crippen LogP contribution is 2.27. The van der Waals surface area contributed by atoms with Crippen LogP contribution in [0, 0.1) is 11.8 Å². The van der Waals surface area contributed by atoms with Crippen LogP contribution in [-0.2, 0) is 7.05 Å². The number of nitrogen functional groups attached to an aromatic ring is 1. The maximum Gasteiger partial charge on any atom is 0.251 e. The Balaban J connectivity index is 1.50. The molecule has 0 aliphatic heterocycles. The lowest BCUT2D eigenvalue weighted by Gasteiger charge is -2.22. The quantitative estimate of drug-likeness (QED) is 0.324. The van der Waals surface area contributed by atoms with Crippen molar-refractivity contribution in [3.8, 4) is 23.1 Å². The molecule has 190 valence electrons. The number of carbonyl (C=O) groups excluding carboxylic acids is 1. The van der Waals surface area contributed by atoms with Crippen LogP contribution >= 0.6 is 0 Å². The Morgan fingerprint density at radius 1 is 1.14 bits per heavy atom. The normalized spacial score (nSPS) is 11.8. The van der Waals surface area contributed by atoms with E-state index in [2.05, 4.69) is 38.2 Å². The van der Waals surface area contributed by atoms with Gasteiger partial charge in [-0.2, -0.15) is 5.10 Å². The van der Waals surface area contributed by atoms with Crippen molar-refractivity contribution in [2.45, 2.75) is 20.0 Å². The standard InChI is InChI=1S/C29H32N6O2/c1-4-35(5-2)19-24(36)18-32-29(37)21-9-6-20(7-10-21)8-13-25-26-16-22(27-14-15-33-34(27)3)11-12-23(26)17-31-28(25)30/h6-7,9-12,14-17,24,36H,4-5,18-19H2,1-3H3,(H2,30,31)(H,32,37). The second kappa shape index (κ2) is 11.7. The SMILES string of the molecule is CCN(CC)CC(O)CNC(=O)c1ccc(C#Cc2c(N)ncc3ccc(-c4ccnn4C)cc23)cc1. The van der Waals surface area contributed by atoms with Crippen molar-refractivity contribution in [1.82, 2.24) is 25.0 Å². The minimum atomic E-state index is -0.618. The number of carbonyl (C=O) groups is 1. The molecule has 0 saturated carbocycles. The van der Waals surface area contributed by atoms with Crippen molar-refractivity contribution in [2.75, 3.05) is 31.9 Å². The predicted molar refractivity (Wildman–Crippen MR) is 147 cm³/mol. The lowest BCUT2D eigenvalue weighted by Crippen LogP contribution is -2.40. The van der Waals surface area contributed by atoms with Crippen LogP contribution in [0.25, 0.3) is 22.0 Å². The van der Waals surface area contributed by atoms with E-state index in [1.807, 2.05) is 43.8 Å². The minimum Gasteiger partial charge on any atom is -0.390 e. The van der Waals surface area contributed by atoms with Gasteiger partial charge in [0, 0.05) is 60.0 Å². The van der Waals surface area contributed by atoms with Crippen molar-refractivity contribution < 1.29 is 9.90 Å². The summed E-state index contributed by atoms with van der Waals surface area (Å²) in [4.78, 5) is 18.9. The summed E-state index contributed by atoms with van der Waals surface area (Å²) in [5.41, 5.74) is 10.1. The van der Waals surface area contributed by atoms with Gasteiger partial charge in [-0.15, -0.1) is 0 Å². The maximum absolute atomic E-state index is 12.5. The summed E-state index contributed by atoms with van der Waals surface area (Å²) in [6.07, 6.45) is 2.89. The maximum atomic E-state index is 12.5. The van der Waals surface area contributed by atoms with Crippen molar-refractivity contribution in [1.29, 1.82) is 0 Å².